The van der Waals surface area contributed by atoms with E-state index in [1.807, 2.05) is 12.1 Å². The van der Waals surface area contributed by atoms with Crippen LogP contribution < -0.4 is 15.4 Å². The van der Waals surface area contributed by atoms with Crippen molar-refractivity contribution in [3.05, 3.63) is 36.4 Å². The van der Waals surface area contributed by atoms with Crippen LogP contribution in [-0.2, 0) is 4.74 Å². The zero-order valence-electron chi connectivity index (χ0n) is 12.4. The summed E-state index contributed by atoms with van der Waals surface area (Å²) >= 11 is 0. The van der Waals surface area contributed by atoms with Gasteiger partial charge in [-0.05, 0) is 47.9 Å². The largest absolute Gasteiger partial charge is 0.468 e. The van der Waals surface area contributed by atoms with E-state index >= 15 is 0 Å². The third-order valence-corrected chi connectivity index (χ3v) is 4.04. The maximum absolute atomic E-state index is 5.97. The topological polar surface area (TPSA) is 47.7 Å². The number of fused-ring (bicyclic) bond motifs is 1. The van der Waals surface area contributed by atoms with Crippen molar-refractivity contribution in [2.24, 2.45) is 5.73 Å². The lowest BCUT2D eigenvalue weighted by atomic mass is 10.0. The highest BCUT2D eigenvalue weighted by Gasteiger charge is 2.16. The molecule has 0 unspecified atom stereocenters. The number of nitrogens with zero attached hydrogens (tertiary/aromatic N) is 1. The predicted octanol–water partition coefficient (Wildman–Crippen LogP) is 2.75. The molecule has 1 saturated heterocycles. The number of hydrogen-bond acceptors (Lipinski definition) is 4. The van der Waals surface area contributed by atoms with Crippen LogP contribution in [0, 0.1) is 0 Å². The quantitative estimate of drug-likeness (QED) is 0.878. The number of anilines is 1. The van der Waals surface area contributed by atoms with Gasteiger partial charge in [-0.2, -0.15) is 0 Å². The summed E-state index contributed by atoms with van der Waals surface area (Å²) in [5, 5.41) is 2.41. The highest BCUT2D eigenvalue weighted by atomic mass is 16.7. The second-order valence-corrected chi connectivity index (χ2v) is 5.57. The van der Waals surface area contributed by atoms with E-state index in [2.05, 4.69) is 29.2 Å². The molecule has 2 N–H and O–H groups in total. The Bertz CT molecular complexity index is 607. The summed E-state index contributed by atoms with van der Waals surface area (Å²) in [5.41, 5.74) is 7.25. The SMILES string of the molecule is COCOc1ccc2cc(N3CCC(N)CC3)ccc2c1. The van der Waals surface area contributed by atoms with E-state index in [1.165, 1.54) is 16.5 Å². The molecule has 21 heavy (non-hydrogen) atoms. The first-order valence-electron chi connectivity index (χ1n) is 7.42. The minimum atomic E-state index is 0.275. The fraction of sp³-hybridized carbons (Fsp3) is 0.412. The van der Waals surface area contributed by atoms with Crippen molar-refractivity contribution in [2.45, 2.75) is 18.9 Å². The molecule has 2 aromatic carbocycles. The lowest BCUT2D eigenvalue weighted by Gasteiger charge is -2.32. The van der Waals surface area contributed by atoms with Gasteiger partial charge in [0.05, 0.1) is 0 Å². The molecule has 4 nitrogen and oxygen atoms in total. The number of rotatable bonds is 4. The molecule has 0 atom stereocenters. The molecule has 0 aromatic heterocycles. The Morgan fingerprint density at radius 2 is 1.81 bits per heavy atom. The van der Waals surface area contributed by atoms with Gasteiger partial charge in [0, 0.05) is 31.9 Å². The molecule has 112 valence electrons. The average molecular weight is 286 g/mol. The molecule has 2 aromatic rings. The van der Waals surface area contributed by atoms with Crippen LogP contribution in [0.5, 0.6) is 5.75 Å². The fourth-order valence-corrected chi connectivity index (χ4v) is 2.78. The molecule has 0 amide bonds. The Hall–Kier alpha value is -1.78. The zero-order valence-corrected chi connectivity index (χ0v) is 12.4. The lowest BCUT2D eigenvalue weighted by molar-refractivity contribution is 0.0512. The zero-order chi connectivity index (χ0) is 14.7. The summed E-state index contributed by atoms with van der Waals surface area (Å²) in [6.07, 6.45) is 2.14. The number of nitrogens with two attached hydrogens (primary N) is 1. The van der Waals surface area contributed by atoms with Crippen LogP contribution >= 0.6 is 0 Å². The van der Waals surface area contributed by atoms with Gasteiger partial charge >= 0.3 is 0 Å². The second kappa shape index (κ2) is 6.33. The van der Waals surface area contributed by atoms with Crippen LogP contribution in [0.2, 0.25) is 0 Å². The fourth-order valence-electron chi connectivity index (χ4n) is 2.78. The minimum absolute atomic E-state index is 0.275. The Morgan fingerprint density at radius 3 is 2.57 bits per heavy atom. The number of hydrogen-bond donors (Lipinski definition) is 1. The van der Waals surface area contributed by atoms with Gasteiger partial charge in [0.2, 0.25) is 0 Å². The molecule has 3 rings (SSSR count). The average Bonchev–Trinajstić information content (AvgIpc) is 2.53. The smallest absolute Gasteiger partial charge is 0.188 e. The molecule has 1 aliphatic heterocycles. The summed E-state index contributed by atoms with van der Waals surface area (Å²) in [7, 11) is 1.62. The van der Waals surface area contributed by atoms with Crippen molar-refractivity contribution in [1.82, 2.24) is 0 Å². The predicted molar refractivity (Wildman–Crippen MR) is 85.9 cm³/mol. The van der Waals surface area contributed by atoms with E-state index in [0.29, 0.717) is 6.04 Å². The van der Waals surface area contributed by atoms with E-state index in [0.717, 1.165) is 31.7 Å². The monoisotopic (exact) mass is 286 g/mol. The number of piperidine rings is 1. The molecule has 1 heterocycles. The maximum Gasteiger partial charge on any atom is 0.188 e. The number of methoxy groups -OCH3 is 1. The van der Waals surface area contributed by atoms with Gasteiger partial charge in [-0.15, -0.1) is 0 Å². The molecule has 1 fully saturated rings. The van der Waals surface area contributed by atoms with Gasteiger partial charge in [0.15, 0.2) is 6.79 Å². The number of benzene rings is 2. The first-order chi connectivity index (χ1) is 10.3. The Morgan fingerprint density at radius 1 is 1.10 bits per heavy atom. The van der Waals surface area contributed by atoms with E-state index in [1.54, 1.807) is 7.11 Å². The van der Waals surface area contributed by atoms with Crippen molar-refractivity contribution in [3.8, 4) is 5.75 Å². The van der Waals surface area contributed by atoms with Gasteiger partial charge in [0.25, 0.3) is 0 Å². The highest BCUT2D eigenvalue weighted by molar-refractivity contribution is 5.87. The normalized spacial score (nSPS) is 16.4. The molecule has 0 radical (unpaired) electrons. The van der Waals surface area contributed by atoms with Gasteiger partial charge in [-0.1, -0.05) is 12.1 Å². The van der Waals surface area contributed by atoms with Crippen LogP contribution in [0.1, 0.15) is 12.8 Å². The summed E-state index contributed by atoms with van der Waals surface area (Å²) in [5.74, 6) is 0.834. The second-order valence-electron chi connectivity index (χ2n) is 5.57. The third-order valence-electron chi connectivity index (χ3n) is 4.04. The van der Waals surface area contributed by atoms with Gasteiger partial charge in [-0.25, -0.2) is 0 Å². The molecule has 1 aliphatic rings. The standard InChI is InChI=1S/C17H22N2O2/c1-20-12-21-17-5-3-13-10-16(4-2-14(13)11-17)19-8-6-15(18)7-9-19/h2-5,10-11,15H,6-9,12,18H2,1H3. The summed E-state index contributed by atoms with van der Waals surface area (Å²) in [6, 6.07) is 13.1. The summed E-state index contributed by atoms with van der Waals surface area (Å²) in [6.45, 7) is 2.36. The highest BCUT2D eigenvalue weighted by Crippen LogP contribution is 2.27. The molecular weight excluding hydrogens is 264 g/mol. The van der Waals surface area contributed by atoms with Crippen molar-refractivity contribution in [2.75, 3.05) is 31.9 Å². The molecule has 0 bridgehead atoms. The molecule has 0 saturated carbocycles. The lowest BCUT2D eigenvalue weighted by Crippen LogP contribution is -2.39. The first kappa shape index (κ1) is 14.2. The molecule has 0 aliphatic carbocycles. The van der Waals surface area contributed by atoms with Crippen LogP contribution in [0.3, 0.4) is 0 Å². The number of ether oxygens (including phenoxy) is 2. The van der Waals surface area contributed by atoms with Crippen LogP contribution in [0.25, 0.3) is 10.8 Å². The molecule has 0 spiro atoms. The van der Waals surface area contributed by atoms with Crippen LogP contribution in [0.4, 0.5) is 5.69 Å². The van der Waals surface area contributed by atoms with Gasteiger partial charge < -0.3 is 20.1 Å². The molecular formula is C17H22N2O2. The Kier molecular flexibility index (Phi) is 4.27. The summed E-state index contributed by atoms with van der Waals surface area (Å²) in [4.78, 5) is 2.41. The van der Waals surface area contributed by atoms with E-state index < -0.39 is 0 Å². The Labute approximate surface area is 125 Å². The third kappa shape index (κ3) is 3.28. The van der Waals surface area contributed by atoms with E-state index in [9.17, 15) is 0 Å². The van der Waals surface area contributed by atoms with Crippen molar-refractivity contribution in [3.63, 3.8) is 0 Å². The van der Waals surface area contributed by atoms with Crippen molar-refractivity contribution >= 4 is 16.5 Å². The first-order valence-corrected chi connectivity index (χ1v) is 7.42. The minimum Gasteiger partial charge on any atom is -0.468 e. The van der Waals surface area contributed by atoms with E-state index in [4.69, 9.17) is 15.2 Å². The van der Waals surface area contributed by atoms with E-state index in [-0.39, 0.29) is 6.79 Å². The van der Waals surface area contributed by atoms with Gasteiger partial charge in [0.1, 0.15) is 5.75 Å². The molecule has 4 heteroatoms. The summed E-state index contributed by atoms with van der Waals surface area (Å²) < 4.78 is 10.4. The maximum atomic E-state index is 5.97. The van der Waals surface area contributed by atoms with Crippen molar-refractivity contribution < 1.29 is 9.47 Å². The van der Waals surface area contributed by atoms with Crippen LogP contribution in [-0.4, -0.2) is 33.0 Å². The van der Waals surface area contributed by atoms with Gasteiger partial charge in [-0.3, -0.25) is 0 Å². The Balaban J connectivity index is 1.80. The van der Waals surface area contributed by atoms with Crippen molar-refractivity contribution in [1.29, 1.82) is 0 Å². The van der Waals surface area contributed by atoms with Crippen LogP contribution in [0.15, 0.2) is 36.4 Å².